The van der Waals surface area contributed by atoms with Gasteiger partial charge in [-0.3, -0.25) is 0 Å². The van der Waals surface area contributed by atoms with Crippen molar-refractivity contribution in [3.05, 3.63) is 35.9 Å². The summed E-state index contributed by atoms with van der Waals surface area (Å²) < 4.78 is 6.12. The van der Waals surface area contributed by atoms with E-state index in [4.69, 9.17) is 4.74 Å². The van der Waals surface area contributed by atoms with Gasteiger partial charge in [0.1, 0.15) is 0 Å². The van der Waals surface area contributed by atoms with Crippen molar-refractivity contribution in [1.82, 2.24) is 4.90 Å². The van der Waals surface area contributed by atoms with E-state index in [0.29, 0.717) is 11.3 Å². The zero-order valence-corrected chi connectivity index (χ0v) is 13.0. The molecule has 0 spiro atoms. The molecule has 19 heavy (non-hydrogen) atoms. The Balaban J connectivity index is 2.16. The second-order valence-corrected chi connectivity index (χ2v) is 5.59. The third-order valence-corrected chi connectivity index (χ3v) is 4.15. The van der Waals surface area contributed by atoms with Gasteiger partial charge in [0.15, 0.2) is 0 Å². The third kappa shape index (κ3) is 3.07. The van der Waals surface area contributed by atoms with Crippen molar-refractivity contribution in [1.29, 1.82) is 0 Å². The van der Waals surface area contributed by atoms with E-state index in [1.165, 1.54) is 0 Å². The Hall–Kier alpha value is -1.12. The van der Waals surface area contributed by atoms with E-state index in [1.807, 2.05) is 37.3 Å². The summed E-state index contributed by atoms with van der Waals surface area (Å²) in [6, 6.07) is 10.0. The van der Waals surface area contributed by atoms with Crippen LogP contribution in [0.3, 0.4) is 0 Å². The van der Waals surface area contributed by atoms with Crippen LogP contribution in [0.25, 0.3) is 0 Å². The van der Waals surface area contributed by atoms with Crippen LogP contribution in [0.1, 0.15) is 38.2 Å². The van der Waals surface area contributed by atoms with E-state index in [9.17, 15) is 4.79 Å². The van der Waals surface area contributed by atoms with Gasteiger partial charge in [-0.2, -0.15) is 0 Å². The van der Waals surface area contributed by atoms with Gasteiger partial charge < -0.3 is 0 Å². The zero-order chi connectivity index (χ0) is 13.8. The molecule has 4 heteroatoms. The van der Waals surface area contributed by atoms with Crippen molar-refractivity contribution in [3.8, 4) is 0 Å². The van der Waals surface area contributed by atoms with Crippen LogP contribution in [-0.2, 0) is 9.53 Å². The Labute approximate surface area is 122 Å². The zero-order valence-electron chi connectivity index (χ0n) is 11.3. The molecule has 2 rings (SSSR count). The molecule has 0 bridgehead atoms. The molecule has 1 heterocycles. The molecule has 0 aromatic heterocycles. The number of carbonyl (C=O) groups excluding carboxylic acids is 1. The molecular formula is C15H19NO2Se. The van der Waals surface area contributed by atoms with E-state index in [-0.39, 0.29) is 17.9 Å². The van der Waals surface area contributed by atoms with Crippen LogP contribution in [0.4, 0.5) is 0 Å². The molecular weight excluding hydrogens is 305 g/mol. The van der Waals surface area contributed by atoms with Crippen LogP contribution >= 0.6 is 0 Å². The van der Waals surface area contributed by atoms with Gasteiger partial charge in [-0.1, -0.05) is 0 Å². The maximum atomic E-state index is 12.6. The molecule has 0 aliphatic carbocycles. The Bertz CT molecular complexity index is 460. The van der Waals surface area contributed by atoms with E-state index >= 15 is 0 Å². The number of carbonyl (C=O) groups is 1. The average molecular weight is 324 g/mol. The molecule has 102 valence electrons. The van der Waals surface area contributed by atoms with Gasteiger partial charge in [-0.05, 0) is 0 Å². The molecule has 0 saturated carbocycles. The SMILES string of the molecule is CCC[C@H]1COC(=[Se])N1C(=O)C(C)c1ccccc1. The quantitative estimate of drug-likeness (QED) is 0.794. The van der Waals surface area contributed by atoms with Crippen molar-refractivity contribution >= 4 is 26.2 Å². The monoisotopic (exact) mass is 325 g/mol. The molecule has 1 saturated heterocycles. The summed E-state index contributed by atoms with van der Waals surface area (Å²) in [6.07, 6.45) is 2.02. The van der Waals surface area contributed by atoms with Crippen LogP contribution in [-0.4, -0.2) is 43.8 Å². The Morgan fingerprint density at radius 3 is 2.79 bits per heavy atom. The van der Waals surface area contributed by atoms with Crippen LogP contribution < -0.4 is 0 Å². The first kappa shape index (κ1) is 14.3. The summed E-state index contributed by atoms with van der Waals surface area (Å²) >= 11 is 2.86. The normalized spacial score (nSPS) is 20.2. The molecule has 0 N–H and O–H groups in total. The number of nitrogens with zero attached hydrogens (tertiary/aromatic N) is 1. The van der Waals surface area contributed by atoms with Crippen molar-refractivity contribution in [3.63, 3.8) is 0 Å². The standard InChI is InChI=1S/C15H19NO2Se/c1-3-7-13-10-18-15(19)16(13)14(17)11(2)12-8-5-4-6-9-12/h4-6,8-9,11,13H,3,7,10H2,1-2H3/t11?,13-/m0/s1. The average Bonchev–Trinajstić information content (AvgIpc) is 2.80. The molecule has 1 aromatic rings. The van der Waals surface area contributed by atoms with Gasteiger partial charge in [0.25, 0.3) is 0 Å². The second-order valence-electron chi connectivity index (χ2n) is 4.86. The minimum absolute atomic E-state index is 0.107. The van der Waals surface area contributed by atoms with E-state index in [0.717, 1.165) is 18.4 Å². The molecule has 0 radical (unpaired) electrons. The Kier molecular flexibility index (Phi) is 4.78. The number of hydrogen-bond acceptors (Lipinski definition) is 2. The van der Waals surface area contributed by atoms with Crippen LogP contribution in [0.5, 0.6) is 0 Å². The number of ether oxygens (including phenoxy) is 1. The molecule has 1 aromatic carbocycles. The second kappa shape index (κ2) is 6.36. The molecule has 1 aliphatic rings. The fourth-order valence-corrected chi connectivity index (χ4v) is 3.01. The van der Waals surface area contributed by atoms with Gasteiger partial charge in [-0.25, -0.2) is 0 Å². The molecule has 2 atom stereocenters. The summed E-state index contributed by atoms with van der Waals surface area (Å²) in [5.41, 5.74) is 1.04. The van der Waals surface area contributed by atoms with E-state index in [2.05, 4.69) is 22.5 Å². The van der Waals surface area contributed by atoms with Gasteiger partial charge >= 0.3 is 122 Å². The minimum atomic E-state index is -0.148. The van der Waals surface area contributed by atoms with E-state index < -0.39 is 0 Å². The molecule has 1 fully saturated rings. The summed E-state index contributed by atoms with van der Waals surface area (Å²) in [6.45, 7) is 4.68. The molecule has 1 aliphatic heterocycles. The van der Waals surface area contributed by atoms with E-state index in [1.54, 1.807) is 4.90 Å². The number of hydrogen-bond donors (Lipinski definition) is 0. The first-order valence-corrected chi connectivity index (χ1v) is 7.55. The topological polar surface area (TPSA) is 29.5 Å². The molecule has 1 amide bonds. The van der Waals surface area contributed by atoms with Gasteiger partial charge in [-0.15, -0.1) is 0 Å². The van der Waals surface area contributed by atoms with Crippen LogP contribution in [0, 0.1) is 0 Å². The summed E-state index contributed by atoms with van der Waals surface area (Å²) in [5.74, 6) is -0.0403. The van der Waals surface area contributed by atoms with Crippen LogP contribution in [0.2, 0.25) is 0 Å². The molecule has 1 unspecified atom stereocenters. The van der Waals surface area contributed by atoms with Crippen molar-refractivity contribution in [2.24, 2.45) is 0 Å². The maximum absolute atomic E-state index is 12.6. The number of amides is 1. The number of benzene rings is 1. The Morgan fingerprint density at radius 1 is 1.47 bits per heavy atom. The first-order valence-electron chi connectivity index (χ1n) is 6.70. The van der Waals surface area contributed by atoms with Crippen molar-refractivity contribution in [2.45, 2.75) is 38.6 Å². The first-order chi connectivity index (χ1) is 9.15. The van der Waals surface area contributed by atoms with Crippen molar-refractivity contribution in [2.75, 3.05) is 6.61 Å². The fraction of sp³-hybridized carbons (Fsp3) is 0.467. The predicted molar refractivity (Wildman–Crippen MR) is 77.1 cm³/mol. The molecule has 3 nitrogen and oxygen atoms in total. The fourth-order valence-electron chi connectivity index (χ4n) is 2.37. The third-order valence-electron chi connectivity index (χ3n) is 3.49. The summed E-state index contributed by atoms with van der Waals surface area (Å²) in [7, 11) is 0. The number of rotatable bonds is 4. The summed E-state index contributed by atoms with van der Waals surface area (Å²) in [5, 5.41) is 0. The van der Waals surface area contributed by atoms with Crippen LogP contribution in [0.15, 0.2) is 30.3 Å². The van der Waals surface area contributed by atoms with Gasteiger partial charge in [0.2, 0.25) is 0 Å². The van der Waals surface area contributed by atoms with Gasteiger partial charge in [0.05, 0.1) is 0 Å². The summed E-state index contributed by atoms with van der Waals surface area (Å²) in [4.78, 5) is 14.4. The van der Waals surface area contributed by atoms with Crippen molar-refractivity contribution < 1.29 is 9.53 Å². The predicted octanol–water partition coefficient (Wildman–Crippen LogP) is 2.07. The Morgan fingerprint density at radius 2 is 2.16 bits per heavy atom. The van der Waals surface area contributed by atoms with Gasteiger partial charge in [0, 0.05) is 0 Å².